The number of benzene rings is 2. The van der Waals surface area contributed by atoms with Crippen LogP contribution < -0.4 is 10.1 Å². The maximum Gasteiger partial charge on any atom is 0.251 e. The molecule has 0 radical (unpaired) electrons. The third kappa shape index (κ3) is 4.76. The summed E-state index contributed by atoms with van der Waals surface area (Å²) in [6.45, 7) is 2.55. The quantitative estimate of drug-likeness (QED) is 0.778. The SMILES string of the molecule is COc1ccc(C(=O)NCc2ccc(F)cc2)cc1S(=O)(=O)N1CCCC[C@H]1C. The first-order valence-electron chi connectivity index (χ1n) is 9.55. The lowest BCUT2D eigenvalue weighted by Gasteiger charge is -2.32. The maximum absolute atomic E-state index is 13.2. The van der Waals surface area contributed by atoms with Crippen LogP contribution in [0.4, 0.5) is 4.39 Å². The van der Waals surface area contributed by atoms with Gasteiger partial charge in [0.2, 0.25) is 10.0 Å². The van der Waals surface area contributed by atoms with Crippen molar-refractivity contribution in [1.82, 2.24) is 9.62 Å². The Hall–Kier alpha value is -2.45. The molecule has 1 saturated heterocycles. The van der Waals surface area contributed by atoms with Gasteiger partial charge >= 0.3 is 0 Å². The highest BCUT2D eigenvalue weighted by Crippen LogP contribution is 2.31. The van der Waals surface area contributed by atoms with Crippen LogP contribution in [0.5, 0.6) is 5.75 Å². The summed E-state index contributed by atoms with van der Waals surface area (Å²) in [6.07, 6.45) is 2.61. The van der Waals surface area contributed by atoms with Crippen molar-refractivity contribution in [2.45, 2.75) is 43.7 Å². The van der Waals surface area contributed by atoms with Crippen LogP contribution in [0.2, 0.25) is 0 Å². The molecule has 3 rings (SSSR count). The van der Waals surface area contributed by atoms with Crippen LogP contribution in [-0.2, 0) is 16.6 Å². The van der Waals surface area contributed by atoms with Crippen molar-refractivity contribution in [2.75, 3.05) is 13.7 Å². The van der Waals surface area contributed by atoms with Crippen molar-refractivity contribution < 1.29 is 22.3 Å². The van der Waals surface area contributed by atoms with Crippen LogP contribution in [0.25, 0.3) is 0 Å². The average Bonchev–Trinajstić information content (AvgIpc) is 2.72. The molecule has 0 unspecified atom stereocenters. The largest absolute Gasteiger partial charge is 0.495 e. The van der Waals surface area contributed by atoms with Gasteiger partial charge < -0.3 is 10.1 Å². The van der Waals surface area contributed by atoms with Crippen molar-refractivity contribution in [2.24, 2.45) is 0 Å². The number of hydrogen-bond donors (Lipinski definition) is 1. The summed E-state index contributed by atoms with van der Waals surface area (Å²) in [5.74, 6) is -0.560. The van der Waals surface area contributed by atoms with E-state index < -0.39 is 15.9 Å². The number of carbonyl (C=O) groups excluding carboxylic acids is 1. The van der Waals surface area contributed by atoms with E-state index >= 15 is 0 Å². The topological polar surface area (TPSA) is 75.7 Å². The molecule has 1 heterocycles. The second-order valence-electron chi connectivity index (χ2n) is 7.14. The number of carbonyl (C=O) groups is 1. The molecule has 2 aromatic rings. The first kappa shape index (κ1) is 21.3. The van der Waals surface area contributed by atoms with Crippen LogP contribution >= 0.6 is 0 Å². The Balaban J connectivity index is 1.84. The molecule has 156 valence electrons. The third-order valence-electron chi connectivity index (χ3n) is 5.12. The van der Waals surface area contributed by atoms with Crippen LogP contribution in [-0.4, -0.2) is 38.3 Å². The van der Waals surface area contributed by atoms with Gasteiger partial charge in [-0.05, 0) is 55.7 Å². The standard InChI is InChI=1S/C21H25FN2O4S/c1-15-5-3-4-12-24(15)29(26,27)20-13-17(8-11-19(20)28-2)21(25)23-14-16-6-9-18(22)10-7-16/h6-11,13,15H,3-5,12,14H2,1-2H3,(H,23,25)/t15-/m1/s1. The predicted molar refractivity (Wildman–Crippen MR) is 108 cm³/mol. The van der Waals surface area contributed by atoms with Crippen molar-refractivity contribution in [3.8, 4) is 5.75 Å². The molecule has 1 amide bonds. The molecule has 1 N–H and O–H groups in total. The molecule has 1 atom stereocenters. The highest BCUT2D eigenvalue weighted by Gasteiger charge is 2.33. The molecule has 1 fully saturated rings. The second kappa shape index (κ2) is 8.92. The van der Waals surface area contributed by atoms with E-state index in [2.05, 4.69) is 5.32 Å². The van der Waals surface area contributed by atoms with Gasteiger partial charge in [-0.2, -0.15) is 4.31 Å². The van der Waals surface area contributed by atoms with Crippen molar-refractivity contribution >= 4 is 15.9 Å². The van der Waals surface area contributed by atoms with Gasteiger partial charge in [0.05, 0.1) is 7.11 Å². The number of methoxy groups -OCH3 is 1. The van der Waals surface area contributed by atoms with Gasteiger partial charge in [-0.25, -0.2) is 12.8 Å². The van der Waals surface area contributed by atoms with Crippen molar-refractivity contribution in [1.29, 1.82) is 0 Å². The Kier molecular flexibility index (Phi) is 6.54. The summed E-state index contributed by atoms with van der Waals surface area (Å²) in [5, 5.41) is 2.73. The first-order chi connectivity index (χ1) is 13.8. The van der Waals surface area contributed by atoms with Crippen LogP contribution in [0.3, 0.4) is 0 Å². The second-order valence-corrected chi connectivity index (χ2v) is 8.99. The Morgan fingerprint density at radius 1 is 1.21 bits per heavy atom. The molecule has 2 aromatic carbocycles. The van der Waals surface area contributed by atoms with E-state index in [1.165, 1.54) is 41.7 Å². The number of piperidine rings is 1. The average molecular weight is 421 g/mol. The minimum absolute atomic E-state index is 0.0109. The van der Waals surface area contributed by atoms with E-state index in [1.54, 1.807) is 12.1 Å². The van der Waals surface area contributed by atoms with Crippen LogP contribution in [0, 0.1) is 5.82 Å². The number of halogens is 1. The number of rotatable bonds is 6. The highest BCUT2D eigenvalue weighted by atomic mass is 32.2. The summed E-state index contributed by atoms with van der Waals surface area (Å²) < 4.78 is 46.2. The number of nitrogens with one attached hydrogen (secondary N) is 1. The summed E-state index contributed by atoms with van der Waals surface area (Å²) in [7, 11) is -2.39. The van der Waals surface area contributed by atoms with Crippen LogP contribution in [0.1, 0.15) is 42.1 Å². The smallest absolute Gasteiger partial charge is 0.251 e. The Morgan fingerprint density at radius 2 is 1.93 bits per heavy atom. The Morgan fingerprint density at radius 3 is 2.59 bits per heavy atom. The first-order valence-corrected chi connectivity index (χ1v) is 11.0. The molecule has 8 heteroatoms. The summed E-state index contributed by atoms with van der Waals surface area (Å²) in [6, 6.07) is 10.1. The minimum atomic E-state index is -3.80. The Labute approximate surface area is 170 Å². The molecule has 0 spiro atoms. The summed E-state index contributed by atoms with van der Waals surface area (Å²) >= 11 is 0. The number of sulfonamides is 1. The Bertz CT molecular complexity index is 977. The van der Waals surface area contributed by atoms with Crippen molar-refractivity contribution in [3.63, 3.8) is 0 Å². The normalized spacial score (nSPS) is 17.7. The van der Waals surface area contributed by atoms with E-state index in [4.69, 9.17) is 4.74 Å². The zero-order chi connectivity index (χ0) is 21.0. The van der Waals surface area contributed by atoms with Gasteiger partial charge in [-0.1, -0.05) is 18.6 Å². The summed E-state index contributed by atoms with van der Waals surface area (Å²) in [4.78, 5) is 12.6. The van der Waals surface area contributed by atoms with Crippen molar-refractivity contribution in [3.05, 3.63) is 59.4 Å². The molecular weight excluding hydrogens is 395 g/mol. The molecule has 1 aliphatic rings. The molecular formula is C21H25FN2O4S. The predicted octanol–water partition coefficient (Wildman–Crippen LogP) is 3.33. The lowest BCUT2D eigenvalue weighted by molar-refractivity contribution is 0.0950. The third-order valence-corrected chi connectivity index (χ3v) is 7.16. The number of ether oxygens (including phenoxy) is 1. The number of amides is 1. The lowest BCUT2D eigenvalue weighted by Crippen LogP contribution is -2.42. The van der Waals surface area contributed by atoms with Gasteiger partial charge in [0.1, 0.15) is 16.5 Å². The lowest BCUT2D eigenvalue weighted by atomic mass is 10.1. The molecule has 0 aromatic heterocycles. The fourth-order valence-electron chi connectivity index (χ4n) is 3.46. The zero-order valence-electron chi connectivity index (χ0n) is 16.5. The van der Waals surface area contributed by atoms with E-state index in [9.17, 15) is 17.6 Å². The van der Waals surface area contributed by atoms with Crippen LogP contribution in [0.15, 0.2) is 47.4 Å². The van der Waals surface area contributed by atoms with E-state index in [0.717, 1.165) is 24.8 Å². The molecule has 6 nitrogen and oxygen atoms in total. The van der Waals surface area contributed by atoms with Gasteiger partial charge in [0.15, 0.2) is 0 Å². The summed E-state index contributed by atoms with van der Waals surface area (Å²) in [5.41, 5.74) is 0.958. The molecule has 0 aliphatic carbocycles. The van der Waals surface area contributed by atoms with Gasteiger partial charge in [-0.15, -0.1) is 0 Å². The maximum atomic E-state index is 13.2. The van der Waals surface area contributed by atoms with Gasteiger partial charge in [0.25, 0.3) is 5.91 Å². The minimum Gasteiger partial charge on any atom is -0.495 e. The zero-order valence-corrected chi connectivity index (χ0v) is 17.3. The molecule has 1 aliphatic heterocycles. The van der Waals surface area contributed by atoms with E-state index in [-0.39, 0.29) is 34.6 Å². The van der Waals surface area contributed by atoms with E-state index in [1.807, 2.05) is 6.92 Å². The van der Waals surface area contributed by atoms with E-state index in [0.29, 0.717) is 6.54 Å². The van der Waals surface area contributed by atoms with Gasteiger partial charge in [0, 0.05) is 24.7 Å². The van der Waals surface area contributed by atoms with Gasteiger partial charge in [-0.3, -0.25) is 4.79 Å². The molecule has 29 heavy (non-hydrogen) atoms. The molecule has 0 saturated carbocycles. The fraction of sp³-hybridized carbons (Fsp3) is 0.381. The monoisotopic (exact) mass is 420 g/mol. The number of nitrogens with zero attached hydrogens (tertiary/aromatic N) is 1. The molecule has 0 bridgehead atoms. The highest BCUT2D eigenvalue weighted by molar-refractivity contribution is 7.89. The number of hydrogen-bond acceptors (Lipinski definition) is 4. The fourth-order valence-corrected chi connectivity index (χ4v) is 5.34.